The summed E-state index contributed by atoms with van der Waals surface area (Å²) >= 11 is 0. The van der Waals surface area contributed by atoms with Gasteiger partial charge in [0, 0.05) is 25.8 Å². The van der Waals surface area contributed by atoms with Crippen molar-refractivity contribution < 1.29 is 18.8 Å². The summed E-state index contributed by atoms with van der Waals surface area (Å²) in [7, 11) is 0. The summed E-state index contributed by atoms with van der Waals surface area (Å²) in [5.74, 6) is 1.06. The molecule has 0 aliphatic carbocycles. The standard InChI is InChI=1S/C20H22N2O4/c1-13(23)16-12-15(26-14(16)2)9-10-19(24)21-17-6-3-4-7-18(17)22-11-5-8-20(22)25/h3-4,6-7,12H,5,8-11H2,1-2H3,(H,21,24). The predicted molar refractivity (Wildman–Crippen MR) is 98.4 cm³/mol. The zero-order valence-corrected chi connectivity index (χ0v) is 15.0. The molecular weight excluding hydrogens is 332 g/mol. The van der Waals surface area contributed by atoms with Crippen LogP contribution in [-0.2, 0) is 16.0 Å². The molecule has 2 aromatic rings. The summed E-state index contributed by atoms with van der Waals surface area (Å²) in [6.07, 6.45) is 2.01. The van der Waals surface area contributed by atoms with Crippen LogP contribution in [0.15, 0.2) is 34.7 Å². The number of anilines is 2. The monoisotopic (exact) mass is 354 g/mol. The Morgan fingerprint density at radius 1 is 1.27 bits per heavy atom. The lowest BCUT2D eigenvalue weighted by atomic mass is 10.1. The van der Waals surface area contributed by atoms with E-state index in [0.717, 1.165) is 12.1 Å². The summed E-state index contributed by atoms with van der Waals surface area (Å²) in [5.41, 5.74) is 1.92. The van der Waals surface area contributed by atoms with Crippen molar-refractivity contribution >= 4 is 29.0 Å². The Kier molecular flexibility index (Phi) is 5.21. The first kappa shape index (κ1) is 17.9. The van der Waals surface area contributed by atoms with E-state index in [4.69, 9.17) is 4.42 Å². The number of furan rings is 1. The van der Waals surface area contributed by atoms with Crippen molar-refractivity contribution in [3.8, 4) is 0 Å². The van der Waals surface area contributed by atoms with E-state index in [-0.39, 0.29) is 24.0 Å². The Bertz CT molecular complexity index is 853. The highest BCUT2D eigenvalue weighted by atomic mass is 16.3. The van der Waals surface area contributed by atoms with Gasteiger partial charge in [-0.15, -0.1) is 0 Å². The van der Waals surface area contributed by atoms with Gasteiger partial charge in [-0.05, 0) is 38.5 Å². The maximum atomic E-state index is 12.3. The van der Waals surface area contributed by atoms with Crippen molar-refractivity contribution in [2.75, 3.05) is 16.8 Å². The van der Waals surface area contributed by atoms with Gasteiger partial charge in [0.15, 0.2) is 5.78 Å². The van der Waals surface area contributed by atoms with E-state index in [9.17, 15) is 14.4 Å². The number of nitrogens with one attached hydrogen (secondary N) is 1. The number of ketones is 1. The summed E-state index contributed by atoms with van der Waals surface area (Å²) in [5, 5.41) is 2.88. The molecule has 6 heteroatoms. The number of hydrogen-bond acceptors (Lipinski definition) is 4. The summed E-state index contributed by atoms with van der Waals surface area (Å²) < 4.78 is 5.54. The Morgan fingerprint density at radius 2 is 2.04 bits per heavy atom. The molecule has 0 spiro atoms. The summed E-state index contributed by atoms with van der Waals surface area (Å²) in [6.45, 7) is 3.90. The minimum atomic E-state index is -0.164. The lowest BCUT2D eigenvalue weighted by Gasteiger charge is -2.19. The van der Waals surface area contributed by atoms with Gasteiger partial charge in [0.05, 0.1) is 16.9 Å². The second kappa shape index (κ2) is 7.56. The molecule has 1 aliphatic rings. The number of carbonyl (C=O) groups excluding carboxylic acids is 3. The highest BCUT2D eigenvalue weighted by molar-refractivity contribution is 6.02. The second-order valence-electron chi connectivity index (χ2n) is 6.45. The number of Topliss-reactive ketones (excluding diaryl/α,β-unsaturated/α-hetero) is 1. The third-order valence-corrected chi connectivity index (χ3v) is 4.49. The Balaban J connectivity index is 1.65. The van der Waals surface area contributed by atoms with Gasteiger partial charge in [0.25, 0.3) is 0 Å². The minimum Gasteiger partial charge on any atom is -0.466 e. The van der Waals surface area contributed by atoms with Crippen LogP contribution in [0.25, 0.3) is 0 Å². The molecule has 136 valence electrons. The Hall–Kier alpha value is -2.89. The maximum absolute atomic E-state index is 12.3. The molecule has 1 aliphatic heterocycles. The van der Waals surface area contributed by atoms with Crippen molar-refractivity contribution in [2.24, 2.45) is 0 Å². The average Bonchev–Trinajstić information content (AvgIpc) is 3.19. The van der Waals surface area contributed by atoms with Crippen LogP contribution in [0, 0.1) is 6.92 Å². The average molecular weight is 354 g/mol. The van der Waals surface area contributed by atoms with E-state index in [2.05, 4.69) is 5.32 Å². The molecular formula is C20H22N2O4. The first-order valence-electron chi connectivity index (χ1n) is 8.75. The van der Waals surface area contributed by atoms with Gasteiger partial charge >= 0.3 is 0 Å². The molecule has 1 saturated heterocycles. The quantitative estimate of drug-likeness (QED) is 0.805. The fourth-order valence-electron chi connectivity index (χ4n) is 3.18. The molecule has 2 heterocycles. The molecule has 1 aromatic carbocycles. The van der Waals surface area contributed by atoms with Crippen molar-refractivity contribution in [3.05, 3.63) is 47.4 Å². The van der Waals surface area contributed by atoms with E-state index in [0.29, 0.717) is 42.2 Å². The number of nitrogens with zero attached hydrogens (tertiary/aromatic N) is 1. The van der Waals surface area contributed by atoms with Crippen LogP contribution in [-0.4, -0.2) is 24.1 Å². The predicted octanol–water partition coefficient (Wildman–Crippen LogP) is 3.49. The lowest BCUT2D eigenvalue weighted by molar-refractivity contribution is -0.117. The molecule has 0 atom stereocenters. The highest BCUT2D eigenvalue weighted by Crippen LogP contribution is 2.29. The fourth-order valence-corrected chi connectivity index (χ4v) is 3.18. The number of carbonyl (C=O) groups is 3. The normalized spacial score (nSPS) is 13.9. The first-order chi connectivity index (χ1) is 12.5. The molecule has 3 rings (SSSR count). The van der Waals surface area contributed by atoms with Crippen molar-refractivity contribution in [3.63, 3.8) is 0 Å². The van der Waals surface area contributed by atoms with Crippen LogP contribution in [0.1, 0.15) is 48.1 Å². The van der Waals surface area contributed by atoms with Gasteiger partial charge in [-0.2, -0.15) is 0 Å². The number of rotatable bonds is 6. The number of para-hydroxylation sites is 2. The summed E-state index contributed by atoms with van der Waals surface area (Å²) in [4.78, 5) is 37.5. The van der Waals surface area contributed by atoms with E-state index in [1.807, 2.05) is 18.2 Å². The van der Waals surface area contributed by atoms with Gasteiger partial charge in [-0.3, -0.25) is 14.4 Å². The van der Waals surface area contributed by atoms with Crippen molar-refractivity contribution in [1.82, 2.24) is 0 Å². The highest BCUT2D eigenvalue weighted by Gasteiger charge is 2.24. The number of amides is 2. The van der Waals surface area contributed by atoms with Gasteiger partial charge in [-0.25, -0.2) is 0 Å². The molecule has 0 radical (unpaired) electrons. The van der Waals surface area contributed by atoms with Gasteiger partial charge in [0.2, 0.25) is 11.8 Å². The molecule has 0 bridgehead atoms. The van der Waals surface area contributed by atoms with E-state index in [1.54, 1.807) is 24.0 Å². The van der Waals surface area contributed by atoms with Gasteiger partial charge in [-0.1, -0.05) is 12.1 Å². The van der Waals surface area contributed by atoms with E-state index in [1.165, 1.54) is 6.92 Å². The topological polar surface area (TPSA) is 79.6 Å². The second-order valence-corrected chi connectivity index (χ2v) is 6.45. The molecule has 1 N–H and O–H groups in total. The Morgan fingerprint density at radius 3 is 2.69 bits per heavy atom. The maximum Gasteiger partial charge on any atom is 0.227 e. The third-order valence-electron chi connectivity index (χ3n) is 4.49. The lowest BCUT2D eigenvalue weighted by Crippen LogP contribution is -2.25. The first-order valence-corrected chi connectivity index (χ1v) is 8.75. The van der Waals surface area contributed by atoms with Crippen LogP contribution in [0.4, 0.5) is 11.4 Å². The number of aryl methyl sites for hydroxylation is 2. The largest absolute Gasteiger partial charge is 0.466 e. The molecule has 26 heavy (non-hydrogen) atoms. The summed E-state index contributed by atoms with van der Waals surface area (Å²) in [6, 6.07) is 9.01. The third kappa shape index (κ3) is 3.85. The molecule has 6 nitrogen and oxygen atoms in total. The Labute approximate surface area is 152 Å². The molecule has 1 aromatic heterocycles. The minimum absolute atomic E-state index is 0.0499. The molecule has 0 unspecified atom stereocenters. The zero-order chi connectivity index (χ0) is 18.7. The number of benzene rings is 1. The smallest absolute Gasteiger partial charge is 0.227 e. The van der Waals surface area contributed by atoms with Gasteiger partial charge < -0.3 is 14.6 Å². The molecule has 2 amide bonds. The van der Waals surface area contributed by atoms with Crippen LogP contribution in [0.2, 0.25) is 0 Å². The van der Waals surface area contributed by atoms with Crippen molar-refractivity contribution in [1.29, 1.82) is 0 Å². The number of hydrogen-bond donors (Lipinski definition) is 1. The van der Waals surface area contributed by atoms with Crippen LogP contribution in [0.5, 0.6) is 0 Å². The van der Waals surface area contributed by atoms with Crippen LogP contribution in [0.3, 0.4) is 0 Å². The molecule has 1 fully saturated rings. The zero-order valence-electron chi connectivity index (χ0n) is 15.0. The van der Waals surface area contributed by atoms with Crippen molar-refractivity contribution in [2.45, 2.75) is 39.5 Å². The van der Waals surface area contributed by atoms with Gasteiger partial charge in [0.1, 0.15) is 11.5 Å². The van der Waals surface area contributed by atoms with E-state index >= 15 is 0 Å². The van der Waals surface area contributed by atoms with Crippen LogP contribution >= 0.6 is 0 Å². The fraction of sp³-hybridized carbons (Fsp3) is 0.350. The van der Waals surface area contributed by atoms with Crippen LogP contribution < -0.4 is 10.2 Å². The SMILES string of the molecule is CC(=O)c1cc(CCC(=O)Nc2ccccc2N2CCCC2=O)oc1C. The molecule has 0 saturated carbocycles. The van der Waals surface area contributed by atoms with E-state index < -0.39 is 0 Å².